The number of amides is 1. The van der Waals surface area contributed by atoms with Crippen molar-refractivity contribution in [2.75, 3.05) is 5.32 Å². The van der Waals surface area contributed by atoms with Gasteiger partial charge in [0.05, 0.1) is 11.6 Å². The first-order valence-electron chi connectivity index (χ1n) is 10.5. The molecule has 1 atom stereocenters. The third-order valence-electron chi connectivity index (χ3n) is 5.06. The molecule has 1 N–H and O–H groups in total. The molecule has 8 heteroatoms. The van der Waals surface area contributed by atoms with Crippen molar-refractivity contribution in [3.63, 3.8) is 0 Å². The van der Waals surface area contributed by atoms with Crippen LogP contribution in [0.4, 0.5) is 5.69 Å². The van der Waals surface area contributed by atoms with Gasteiger partial charge in [-0.1, -0.05) is 61.6 Å². The van der Waals surface area contributed by atoms with Gasteiger partial charge in [-0.2, -0.15) is 9.61 Å². The SMILES string of the molecule is CCc1nn2c(=O)cc(COc3cccc(NC(=O)[C@@H](CC)c4ccccc4)c3)nc2s1. The zero-order valence-electron chi connectivity index (χ0n) is 17.9. The van der Waals surface area contributed by atoms with Crippen LogP contribution in [0.2, 0.25) is 0 Å². The van der Waals surface area contributed by atoms with Crippen LogP contribution >= 0.6 is 11.3 Å². The molecule has 0 unspecified atom stereocenters. The second-order valence-corrected chi connectivity index (χ2v) is 8.35. The summed E-state index contributed by atoms with van der Waals surface area (Å²) in [4.78, 5) is 30.1. The summed E-state index contributed by atoms with van der Waals surface area (Å²) in [5.41, 5.74) is 1.95. The number of hydrogen-bond acceptors (Lipinski definition) is 6. The number of aromatic nitrogens is 3. The fourth-order valence-electron chi connectivity index (χ4n) is 3.42. The summed E-state index contributed by atoms with van der Waals surface area (Å²) in [7, 11) is 0. The maximum Gasteiger partial charge on any atom is 0.275 e. The van der Waals surface area contributed by atoms with E-state index >= 15 is 0 Å². The number of anilines is 1. The highest BCUT2D eigenvalue weighted by Crippen LogP contribution is 2.24. The summed E-state index contributed by atoms with van der Waals surface area (Å²) in [5.74, 6) is 0.293. The van der Waals surface area contributed by atoms with Crippen LogP contribution < -0.4 is 15.6 Å². The van der Waals surface area contributed by atoms with Gasteiger partial charge in [0.2, 0.25) is 10.9 Å². The Hall–Kier alpha value is -3.52. The molecule has 0 fully saturated rings. The lowest BCUT2D eigenvalue weighted by Crippen LogP contribution is -2.20. The first kappa shape index (κ1) is 21.7. The van der Waals surface area contributed by atoms with Gasteiger partial charge in [0, 0.05) is 17.8 Å². The molecule has 2 heterocycles. The summed E-state index contributed by atoms with van der Waals surface area (Å²) in [6.45, 7) is 4.13. The van der Waals surface area contributed by atoms with Gasteiger partial charge in [0.25, 0.3) is 5.56 Å². The van der Waals surface area contributed by atoms with E-state index in [1.165, 1.54) is 21.9 Å². The molecule has 2 aromatic heterocycles. The summed E-state index contributed by atoms with van der Waals surface area (Å²) in [6.07, 6.45) is 1.45. The van der Waals surface area contributed by atoms with Crippen molar-refractivity contribution in [3.05, 3.63) is 87.3 Å². The van der Waals surface area contributed by atoms with Crippen molar-refractivity contribution in [3.8, 4) is 5.75 Å². The molecule has 0 radical (unpaired) electrons. The molecule has 0 aliphatic rings. The smallest absolute Gasteiger partial charge is 0.275 e. The van der Waals surface area contributed by atoms with Gasteiger partial charge in [0.15, 0.2) is 0 Å². The molecule has 1 amide bonds. The number of benzene rings is 2. The summed E-state index contributed by atoms with van der Waals surface area (Å²) < 4.78 is 7.16. The molecule has 2 aromatic carbocycles. The Morgan fingerprint density at radius 2 is 1.94 bits per heavy atom. The maximum atomic E-state index is 12.8. The lowest BCUT2D eigenvalue weighted by atomic mass is 9.95. The zero-order valence-corrected chi connectivity index (χ0v) is 18.8. The number of nitrogens with zero attached hydrogens (tertiary/aromatic N) is 3. The van der Waals surface area contributed by atoms with E-state index in [2.05, 4.69) is 15.4 Å². The van der Waals surface area contributed by atoms with Crippen LogP contribution in [0, 0.1) is 0 Å². The van der Waals surface area contributed by atoms with Crippen molar-refractivity contribution in [2.45, 2.75) is 39.2 Å². The Labute approximate surface area is 189 Å². The molecule has 0 spiro atoms. The number of carbonyl (C=O) groups is 1. The lowest BCUT2D eigenvalue weighted by Gasteiger charge is -2.16. The molecule has 0 aliphatic carbocycles. The highest BCUT2D eigenvalue weighted by Gasteiger charge is 2.18. The molecule has 4 aromatic rings. The molecule has 0 saturated carbocycles. The van der Waals surface area contributed by atoms with E-state index in [0.29, 0.717) is 28.5 Å². The topological polar surface area (TPSA) is 85.6 Å². The maximum absolute atomic E-state index is 12.8. The van der Waals surface area contributed by atoms with E-state index in [0.717, 1.165) is 17.0 Å². The van der Waals surface area contributed by atoms with Crippen molar-refractivity contribution >= 4 is 27.9 Å². The normalized spacial score (nSPS) is 11.9. The number of nitrogens with one attached hydrogen (secondary N) is 1. The highest BCUT2D eigenvalue weighted by molar-refractivity contribution is 7.16. The van der Waals surface area contributed by atoms with Gasteiger partial charge in [-0.05, 0) is 30.5 Å². The van der Waals surface area contributed by atoms with Crippen molar-refractivity contribution < 1.29 is 9.53 Å². The summed E-state index contributed by atoms with van der Waals surface area (Å²) >= 11 is 1.40. The van der Waals surface area contributed by atoms with Crippen molar-refractivity contribution in [2.24, 2.45) is 0 Å². The van der Waals surface area contributed by atoms with Crippen molar-refractivity contribution in [1.82, 2.24) is 14.6 Å². The van der Waals surface area contributed by atoms with E-state index in [-0.39, 0.29) is 24.0 Å². The number of ether oxygens (including phenoxy) is 1. The van der Waals surface area contributed by atoms with E-state index in [4.69, 9.17) is 4.74 Å². The fraction of sp³-hybridized carbons (Fsp3) is 0.250. The Morgan fingerprint density at radius 1 is 1.12 bits per heavy atom. The van der Waals surface area contributed by atoms with E-state index in [1.54, 1.807) is 12.1 Å². The monoisotopic (exact) mass is 448 g/mol. The first-order chi connectivity index (χ1) is 15.6. The fourth-order valence-corrected chi connectivity index (χ4v) is 4.28. The number of rotatable bonds is 8. The molecular weight excluding hydrogens is 424 g/mol. The summed E-state index contributed by atoms with van der Waals surface area (Å²) in [5, 5.41) is 8.09. The highest BCUT2D eigenvalue weighted by atomic mass is 32.1. The van der Waals surface area contributed by atoms with Crippen LogP contribution in [0.25, 0.3) is 4.96 Å². The summed E-state index contributed by atoms with van der Waals surface area (Å²) in [6, 6.07) is 18.4. The van der Waals surface area contributed by atoms with Crippen LogP contribution in [0.5, 0.6) is 5.75 Å². The largest absolute Gasteiger partial charge is 0.487 e. The minimum Gasteiger partial charge on any atom is -0.487 e. The number of fused-ring (bicyclic) bond motifs is 1. The second-order valence-electron chi connectivity index (χ2n) is 7.31. The standard InChI is InChI=1S/C24H24N4O3S/c1-3-20(16-9-6-5-7-10-16)23(30)25-17-11-8-12-19(13-17)31-15-18-14-22(29)28-24(26-18)32-21(4-2)27-28/h5-14,20H,3-4,15H2,1-2H3,(H,25,30)/t20-/m0/s1. The van der Waals surface area contributed by atoms with E-state index in [9.17, 15) is 9.59 Å². The van der Waals surface area contributed by atoms with E-state index in [1.807, 2.05) is 56.3 Å². The van der Waals surface area contributed by atoms with Gasteiger partial charge < -0.3 is 10.1 Å². The van der Waals surface area contributed by atoms with Crippen LogP contribution in [0.3, 0.4) is 0 Å². The average Bonchev–Trinajstić information content (AvgIpc) is 3.23. The minimum absolute atomic E-state index is 0.0621. The molecule has 0 aliphatic heterocycles. The minimum atomic E-state index is -0.225. The molecular formula is C24H24N4O3S. The van der Waals surface area contributed by atoms with Crippen LogP contribution in [-0.4, -0.2) is 20.5 Å². The molecule has 0 saturated heterocycles. The Kier molecular flexibility index (Phi) is 6.61. The van der Waals surface area contributed by atoms with Gasteiger partial charge in [0.1, 0.15) is 17.4 Å². The van der Waals surface area contributed by atoms with Crippen molar-refractivity contribution in [1.29, 1.82) is 0 Å². The first-order valence-corrected chi connectivity index (χ1v) is 11.4. The lowest BCUT2D eigenvalue weighted by molar-refractivity contribution is -0.117. The zero-order chi connectivity index (χ0) is 22.5. The van der Waals surface area contributed by atoms with Crippen LogP contribution in [0.15, 0.2) is 65.5 Å². The molecule has 0 bridgehead atoms. The number of aryl methyl sites for hydroxylation is 1. The average molecular weight is 449 g/mol. The van der Waals surface area contributed by atoms with E-state index < -0.39 is 0 Å². The number of hydrogen-bond donors (Lipinski definition) is 1. The second kappa shape index (κ2) is 9.74. The van der Waals surface area contributed by atoms with Crippen LogP contribution in [0.1, 0.15) is 42.5 Å². The third-order valence-corrected chi connectivity index (χ3v) is 6.11. The quantitative estimate of drug-likeness (QED) is 0.431. The third kappa shape index (κ3) is 4.86. The molecule has 4 rings (SSSR count). The van der Waals surface area contributed by atoms with Gasteiger partial charge >= 0.3 is 0 Å². The Morgan fingerprint density at radius 3 is 2.69 bits per heavy atom. The predicted molar refractivity (Wildman–Crippen MR) is 125 cm³/mol. The van der Waals surface area contributed by atoms with Gasteiger partial charge in [-0.3, -0.25) is 9.59 Å². The molecule has 32 heavy (non-hydrogen) atoms. The molecule has 7 nitrogen and oxygen atoms in total. The van der Waals surface area contributed by atoms with Gasteiger partial charge in [-0.15, -0.1) is 0 Å². The molecule has 164 valence electrons. The Balaban J connectivity index is 1.45. The van der Waals surface area contributed by atoms with Gasteiger partial charge in [-0.25, -0.2) is 4.98 Å². The predicted octanol–water partition coefficient (Wildman–Crippen LogP) is 4.42. The Bertz CT molecular complexity index is 1280. The van der Waals surface area contributed by atoms with Crippen LogP contribution in [-0.2, 0) is 17.8 Å². The number of carbonyl (C=O) groups excluding carboxylic acids is 1.